The molecular formula is C14H18F3NO. The second-order valence-electron chi connectivity index (χ2n) is 5.44. The van der Waals surface area contributed by atoms with E-state index < -0.39 is 17.8 Å². The molecule has 3 unspecified atom stereocenters. The fourth-order valence-corrected chi connectivity index (χ4v) is 2.92. The molecule has 19 heavy (non-hydrogen) atoms. The van der Waals surface area contributed by atoms with Gasteiger partial charge in [-0.1, -0.05) is 19.8 Å². The summed E-state index contributed by atoms with van der Waals surface area (Å²) >= 11 is 0. The molecule has 0 saturated heterocycles. The average Bonchev–Trinajstić information content (AvgIpc) is 2.37. The first-order valence-electron chi connectivity index (χ1n) is 6.58. The van der Waals surface area contributed by atoms with Gasteiger partial charge in [0.05, 0.1) is 11.7 Å². The van der Waals surface area contributed by atoms with Crippen molar-refractivity contribution in [2.24, 2.45) is 11.8 Å². The van der Waals surface area contributed by atoms with Crippen LogP contribution in [-0.2, 0) is 6.18 Å². The van der Waals surface area contributed by atoms with E-state index in [1.54, 1.807) is 0 Å². The molecule has 0 amide bonds. The molecular weight excluding hydrogens is 255 g/mol. The van der Waals surface area contributed by atoms with Crippen LogP contribution >= 0.6 is 0 Å². The van der Waals surface area contributed by atoms with Crippen molar-refractivity contribution in [1.29, 1.82) is 0 Å². The van der Waals surface area contributed by atoms with Gasteiger partial charge in [0.1, 0.15) is 0 Å². The van der Waals surface area contributed by atoms with Crippen molar-refractivity contribution in [3.05, 3.63) is 29.6 Å². The van der Waals surface area contributed by atoms with Crippen molar-refractivity contribution < 1.29 is 18.3 Å². The van der Waals surface area contributed by atoms with Crippen LogP contribution in [0.3, 0.4) is 0 Å². The normalized spacial score (nSPS) is 26.2. The number of nitrogens with zero attached hydrogens (tertiary/aromatic N) is 1. The SMILES string of the molecule is CC1CCCC(C(O)c2cnccc2C(F)(F)F)C1. The van der Waals surface area contributed by atoms with Gasteiger partial charge < -0.3 is 5.11 Å². The molecule has 0 radical (unpaired) electrons. The van der Waals surface area contributed by atoms with E-state index in [1.165, 1.54) is 0 Å². The molecule has 3 atom stereocenters. The molecule has 1 heterocycles. The molecule has 1 aliphatic carbocycles. The highest BCUT2D eigenvalue weighted by molar-refractivity contribution is 5.28. The Kier molecular flexibility index (Phi) is 4.13. The summed E-state index contributed by atoms with van der Waals surface area (Å²) in [4.78, 5) is 3.73. The largest absolute Gasteiger partial charge is 0.416 e. The van der Waals surface area contributed by atoms with Crippen LogP contribution in [-0.4, -0.2) is 10.1 Å². The number of aliphatic hydroxyl groups is 1. The van der Waals surface area contributed by atoms with E-state index in [0.717, 1.165) is 44.1 Å². The van der Waals surface area contributed by atoms with E-state index in [2.05, 4.69) is 11.9 Å². The van der Waals surface area contributed by atoms with Crippen LogP contribution in [0.25, 0.3) is 0 Å². The Hall–Kier alpha value is -1.10. The third-order valence-electron chi connectivity index (χ3n) is 3.90. The highest BCUT2D eigenvalue weighted by atomic mass is 19.4. The van der Waals surface area contributed by atoms with Crippen LogP contribution in [0.2, 0.25) is 0 Å². The molecule has 1 N–H and O–H groups in total. The van der Waals surface area contributed by atoms with Crippen molar-refractivity contribution in [1.82, 2.24) is 4.98 Å². The highest BCUT2D eigenvalue weighted by Crippen LogP contribution is 2.41. The summed E-state index contributed by atoms with van der Waals surface area (Å²) in [6, 6.07) is 0.935. The van der Waals surface area contributed by atoms with E-state index in [-0.39, 0.29) is 11.5 Å². The maximum Gasteiger partial charge on any atom is 0.416 e. The lowest BCUT2D eigenvalue weighted by molar-refractivity contribution is -0.139. The summed E-state index contributed by atoms with van der Waals surface area (Å²) < 4.78 is 38.7. The van der Waals surface area contributed by atoms with Gasteiger partial charge in [-0.05, 0) is 30.7 Å². The van der Waals surface area contributed by atoms with E-state index in [1.807, 2.05) is 0 Å². The van der Waals surface area contributed by atoms with Gasteiger partial charge in [-0.2, -0.15) is 13.2 Å². The van der Waals surface area contributed by atoms with Gasteiger partial charge in [0, 0.05) is 18.0 Å². The van der Waals surface area contributed by atoms with E-state index >= 15 is 0 Å². The zero-order valence-corrected chi connectivity index (χ0v) is 10.8. The van der Waals surface area contributed by atoms with Gasteiger partial charge in [-0.25, -0.2) is 0 Å². The second kappa shape index (κ2) is 5.49. The fraction of sp³-hybridized carbons (Fsp3) is 0.643. The quantitative estimate of drug-likeness (QED) is 0.884. The maximum atomic E-state index is 12.9. The molecule has 2 rings (SSSR count). The number of aromatic nitrogens is 1. The molecule has 1 aliphatic rings. The molecule has 0 aromatic carbocycles. The Morgan fingerprint density at radius 1 is 1.37 bits per heavy atom. The van der Waals surface area contributed by atoms with Crippen LogP contribution in [0.1, 0.15) is 49.8 Å². The number of aliphatic hydroxyl groups excluding tert-OH is 1. The van der Waals surface area contributed by atoms with Crippen LogP contribution in [0, 0.1) is 11.8 Å². The number of pyridine rings is 1. The minimum atomic E-state index is -4.44. The number of hydrogen-bond acceptors (Lipinski definition) is 2. The Morgan fingerprint density at radius 3 is 2.74 bits per heavy atom. The lowest BCUT2D eigenvalue weighted by Gasteiger charge is -2.31. The molecule has 1 saturated carbocycles. The summed E-state index contributed by atoms with van der Waals surface area (Å²) in [7, 11) is 0. The molecule has 0 bridgehead atoms. The number of rotatable bonds is 2. The monoisotopic (exact) mass is 273 g/mol. The van der Waals surface area contributed by atoms with Crippen molar-refractivity contribution in [3.8, 4) is 0 Å². The van der Waals surface area contributed by atoms with Crippen molar-refractivity contribution in [3.63, 3.8) is 0 Å². The van der Waals surface area contributed by atoms with E-state index in [0.29, 0.717) is 5.92 Å². The lowest BCUT2D eigenvalue weighted by atomic mass is 9.77. The Labute approximate surface area is 110 Å². The smallest absolute Gasteiger partial charge is 0.388 e. The number of halogens is 3. The van der Waals surface area contributed by atoms with Gasteiger partial charge in [-0.3, -0.25) is 4.98 Å². The number of alkyl halides is 3. The first-order valence-corrected chi connectivity index (χ1v) is 6.58. The lowest BCUT2D eigenvalue weighted by Crippen LogP contribution is -2.23. The van der Waals surface area contributed by atoms with Crippen LogP contribution < -0.4 is 0 Å². The molecule has 1 aromatic heterocycles. The van der Waals surface area contributed by atoms with Crippen LogP contribution in [0.4, 0.5) is 13.2 Å². The molecule has 1 fully saturated rings. The van der Waals surface area contributed by atoms with Gasteiger partial charge in [0.15, 0.2) is 0 Å². The first-order chi connectivity index (χ1) is 8.89. The van der Waals surface area contributed by atoms with Gasteiger partial charge >= 0.3 is 6.18 Å². The molecule has 0 spiro atoms. The summed E-state index contributed by atoms with van der Waals surface area (Å²) in [6.45, 7) is 2.08. The summed E-state index contributed by atoms with van der Waals surface area (Å²) in [5, 5.41) is 10.3. The first kappa shape index (κ1) is 14.3. The molecule has 106 valence electrons. The van der Waals surface area contributed by atoms with Crippen molar-refractivity contribution >= 4 is 0 Å². The molecule has 1 aromatic rings. The predicted molar refractivity (Wildman–Crippen MR) is 65.3 cm³/mol. The summed E-state index contributed by atoms with van der Waals surface area (Å²) in [5.74, 6) is 0.355. The average molecular weight is 273 g/mol. The highest BCUT2D eigenvalue weighted by Gasteiger charge is 2.37. The zero-order chi connectivity index (χ0) is 14.0. The van der Waals surface area contributed by atoms with E-state index in [4.69, 9.17) is 0 Å². The maximum absolute atomic E-state index is 12.9. The predicted octanol–water partition coefficient (Wildman–Crippen LogP) is 3.96. The minimum Gasteiger partial charge on any atom is -0.388 e. The van der Waals surface area contributed by atoms with Crippen LogP contribution in [0.15, 0.2) is 18.5 Å². The topological polar surface area (TPSA) is 33.1 Å². The van der Waals surface area contributed by atoms with Crippen molar-refractivity contribution in [2.45, 2.75) is 44.9 Å². The third-order valence-corrected chi connectivity index (χ3v) is 3.90. The Balaban J connectivity index is 2.26. The minimum absolute atomic E-state index is 0.0888. The standard InChI is InChI=1S/C14H18F3NO/c1-9-3-2-4-10(7-9)13(19)11-8-18-6-5-12(11)14(15,16)17/h5-6,8-10,13,19H,2-4,7H2,1H3. The Morgan fingerprint density at radius 2 is 2.11 bits per heavy atom. The summed E-state index contributed by atoms with van der Waals surface area (Å²) in [6.07, 6.45) is 0.334. The number of hydrogen-bond donors (Lipinski definition) is 1. The molecule has 2 nitrogen and oxygen atoms in total. The van der Waals surface area contributed by atoms with Gasteiger partial charge in [0.2, 0.25) is 0 Å². The van der Waals surface area contributed by atoms with Crippen LogP contribution in [0.5, 0.6) is 0 Å². The van der Waals surface area contributed by atoms with Gasteiger partial charge in [-0.15, -0.1) is 0 Å². The fourth-order valence-electron chi connectivity index (χ4n) is 2.92. The molecule has 5 heteroatoms. The van der Waals surface area contributed by atoms with Crippen molar-refractivity contribution in [2.75, 3.05) is 0 Å². The second-order valence-corrected chi connectivity index (χ2v) is 5.44. The molecule has 0 aliphatic heterocycles. The van der Waals surface area contributed by atoms with Gasteiger partial charge in [0.25, 0.3) is 0 Å². The zero-order valence-electron chi connectivity index (χ0n) is 10.8. The third kappa shape index (κ3) is 3.26. The summed E-state index contributed by atoms with van der Waals surface area (Å²) in [5.41, 5.74) is -0.859. The van der Waals surface area contributed by atoms with E-state index in [9.17, 15) is 18.3 Å². The Bertz CT molecular complexity index is 433.